The number of fused-ring (bicyclic) bond motifs is 1. The molecule has 0 saturated carbocycles. The van der Waals surface area contributed by atoms with Crippen molar-refractivity contribution in [2.24, 2.45) is 5.10 Å². The SMILES string of the molecule is CCOc1cc([C@H]2NC(=O)NC(C)=C2C(=O)OC)ccc1OC[C@@H](O)N/N=C/c1c(OCC#N)ccc2ccccc12. The highest BCUT2D eigenvalue weighted by Gasteiger charge is 2.32. The first-order valence-electron chi connectivity index (χ1n) is 13.1. The number of carbonyl (C=O) groups excluding carboxylic acids is 2. The Labute approximate surface area is 242 Å². The molecule has 0 fully saturated rings. The zero-order valence-corrected chi connectivity index (χ0v) is 23.3. The van der Waals surface area contributed by atoms with Crippen LogP contribution < -0.4 is 30.3 Å². The third kappa shape index (κ3) is 6.89. The van der Waals surface area contributed by atoms with E-state index in [2.05, 4.69) is 21.2 Å². The number of nitriles is 1. The van der Waals surface area contributed by atoms with Crippen LogP contribution in [0.1, 0.15) is 31.0 Å². The molecule has 218 valence electrons. The second-order valence-corrected chi connectivity index (χ2v) is 9.06. The number of nitrogens with one attached hydrogen (secondary N) is 3. The van der Waals surface area contributed by atoms with E-state index in [1.807, 2.05) is 36.4 Å². The van der Waals surface area contributed by atoms with Gasteiger partial charge in [-0.1, -0.05) is 36.4 Å². The van der Waals surface area contributed by atoms with E-state index in [0.717, 1.165) is 10.8 Å². The quantitative estimate of drug-likeness (QED) is 0.110. The van der Waals surface area contributed by atoms with E-state index >= 15 is 0 Å². The number of aliphatic hydroxyl groups is 1. The lowest BCUT2D eigenvalue weighted by Crippen LogP contribution is -2.45. The number of benzene rings is 3. The number of hydrogen-bond donors (Lipinski definition) is 4. The van der Waals surface area contributed by atoms with Gasteiger partial charge in [-0.05, 0) is 48.4 Å². The van der Waals surface area contributed by atoms with Crippen molar-refractivity contribution in [1.29, 1.82) is 5.26 Å². The van der Waals surface area contributed by atoms with Crippen LogP contribution in [0.15, 0.2) is 71.0 Å². The smallest absolute Gasteiger partial charge is 0.337 e. The second kappa shape index (κ2) is 13.9. The molecule has 1 aliphatic heterocycles. The fourth-order valence-electron chi connectivity index (χ4n) is 4.45. The molecule has 0 unspecified atom stereocenters. The third-order valence-electron chi connectivity index (χ3n) is 6.31. The summed E-state index contributed by atoms with van der Waals surface area (Å²) in [5.41, 5.74) is 4.50. The third-order valence-corrected chi connectivity index (χ3v) is 6.31. The van der Waals surface area contributed by atoms with Crippen molar-refractivity contribution in [3.63, 3.8) is 0 Å². The molecule has 4 N–H and O–H groups in total. The number of carbonyl (C=O) groups is 2. The Hall–Kier alpha value is -5.28. The standard InChI is InChI=1S/C30H31N5O7/c1-4-40-25-15-20(28-27(29(37)39-3)18(2)33-30(38)34-28)10-12-24(25)42-17-26(36)35-32-16-22-21-8-6-5-7-19(21)9-11-23(22)41-14-13-31/h5-12,15-16,26,28,35-36H,4,14,17H2,1-3H3,(H2,33,34,38)/b32-16+/t26-,28-/m1/s1. The Bertz CT molecular complexity index is 1560. The first-order chi connectivity index (χ1) is 20.4. The first kappa shape index (κ1) is 29.7. The summed E-state index contributed by atoms with van der Waals surface area (Å²) >= 11 is 0. The van der Waals surface area contributed by atoms with Gasteiger partial charge in [0, 0.05) is 11.3 Å². The second-order valence-electron chi connectivity index (χ2n) is 9.06. The largest absolute Gasteiger partial charge is 0.490 e. The number of esters is 1. The number of hydrazone groups is 1. The molecule has 4 rings (SSSR count). The van der Waals surface area contributed by atoms with Crippen LogP contribution in [-0.2, 0) is 9.53 Å². The molecule has 0 spiro atoms. The topological polar surface area (TPSA) is 164 Å². The fourth-order valence-corrected chi connectivity index (χ4v) is 4.45. The van der Waals surface area contributed by atoms with Crippen molar-refractivity contribution < 1.29 is 33.6 Å². The molecule has 0 saturated heterocycles. The van der Waals surface area contributed by atoms with Gasteiger partial charge in [0.05, 0.1) is 31.5 Å². The number of hydrogen-bond acceptors (Lipinski definition) is 10. The molecular weight excluding hydrogens is 542 g/mol. The van der Waals surface area contributed by atoms with E-state index in [0.29, 0.717) is 40.7 Å². The highest BCUT2D eigenvalue weighted by molar-refractivity contribution is 6.02. The van der Waals surface area contributed by atoms with Crippen molar-refractivity contribution in [1.82, 2.24) is 16.1 Å². The number of allylic oxidation sites excluding steroid dienone is 1. The molecule has 0 bridgehead atoms. The van der Waals surface area contributed by atoms with E-state index in [-0.39, 0.29) is 18.8 Å². The van der Waals surface area contributed by atoms with E-state index < -0.39 is 24.3 Å². The monoisotopic (exact) mass is 573 g/mol. The lowest BCUT2D eigenvalue weighted by Gasteiger charge is -2.28. The Morgan fingerprint density at radius 2 is 1.93 bits per heavy atom. The lowest BCUT2D eigenvalue weighted by atomic mass is 9.95. The van der Waals surface area contributed by atoms with Gasteiger partial charge in [-0.2, -0.15) is 10.4 Å². The molecule has 0 aliphatic carbocycles. The average molecular weight is 574 g/mol. The van der Waals surface area contributed by atoms with Gasteiger partial charge in [0.2, 0.25) is 0 Å². The predicted octanol–water partition coefficient (Wildman–Crippen LogP) is 3.26. The molecule has 2 amide bonds. The minimum atomic E-state index is -1.19. The minimum Gasteiger partial charge on any atom is -0.490 e. The van der Waals surface area contributed by atoms with Gasteiger partial charge in [0.25, 0.3) is 0 Å². The van der Waals surface area contributed by atoms with Crippen LogP contribution in [0.2, 0.25) is 0 Å². The van der Waals surface area contributed by atoms with E-state index in [4.69, 9.17) is 24.2 Å². The molecule has 0 aromatic heterocycles. The molecule has 3 aromatic carbocycles. The normalized spacial score (nSPS) is 15.4. The number of nitrogens with zero attached hydrogens (tertiary/aromatic N) is 2. The van der Waals surface area contributed by atoms with Crippen molar-refractivity contribution in [3.05, 3.63) is 77.0 Å². The van der Waals surface area contributed by atoms with E-state index in [1.165, 1.54) is 13.3 Å². The van der Waals surface area contributed by atoms with Crippen molar-refractivity contribution in [2.75, 3.05) is 26.9 Å². The maximum Gasteiger partial charge on any atom is 0.337 e. The molecule has 42 heavy (non-hydrogen) atoms. The molecular formula is C30H31N5O7. The summed E-state index contributed by atoms with van der Waals surface area (Å²) in [6, 6.07) is 17.0. The Balaban J connectivity index is 1.47. The van der Waals surface area contributed by atoms with Gasteiger partial charge in [0.1, 0.15) is 18.4 Å². The Kier molecular flexibility index (Phi) is 9.81. The maximum absolute atomic E-state index is 12.4. The summed E-state index contributed by atoms with van der Waals surface area (Å²) in [6.07, 6.45) is 0.328. The Morgan fingerprint density at radius 3 is 2.69 bits per heavy atom. The number of ether oxygens (including phenoxy) is 4. The number of aliphatic hydroxyl groups excluding tert-OH is 1. The average Bonchev–Trinajstić information content (AvgIpc) is 2.99. The number of rotatable bonds is 12. The summed E-state index contributed by atoms with van der Waals surface area (Å²) in [7, 11) is 1.27. The van der Waals surface area contributed by atoms with Crippen LogP contribution in [0.25, 0.3) is 10.8 Å². The van der Waals surface area contributed by atoms with Crippen LogP contribution in [0.3, 0.4) is 0 Å². The van der Waals surface area contributed by atoms with E-state index in [1.54, 1.807) is 38.1 Å². The van der Waals surface area contributed by atoms with Gasteiger partial charge in [-0.3, -0.25) is 5.43 Å². The lowest BCUT2D eigenvalue weighted by molar-refractivity contribution is -0.136. The number of methoxy groups -OCH3 is 1. The highest BCUT2D eigenvalue weighted by atomic mass is 16.5. The zero-order chi connectivity index (χ0) is 30.1. The first-order valence-corrected chi connectivity index (χ1v) is 13.1. The van der Waals surface area contributed by atoms with Gasteiger partial charge in [-0.15, -0.1) is 0 Å². The fraction of sp³-hybridized carbons (Fsp3) is 0.267. The molecule has 1 aliphatic rings. The van der Waals surface area contributed by atoms with Crippen LogP contribution in [0.4, 0.5) is 4.79 Å². The molecule has 2 atom stereocenters. The number of urea groups is 1. The summed E-state index contributed by atoms with van der Waals surface area (Å²) in [4.78, 5) is 24.6. The highest BCUT2D eigenvalue weighted by Crippen LogP contribution is 2.35. The molecule has 1 heterocycles. The zero-order valence-electron chi connectivity index (χ0n) is 23.3. The van der Waals surface area contributed by atoms with Crippen LogP contribution in [-0.4, -0.2) is 56.5 Å². The van der Waals surface area contributed by atoms with Gasteiger partial charge < -0.3 is 34.7 Å². The summed E-state index contributed by atoms with van der Waals surface area (Å²) in [5.74, 6) is 0.603. The number of amides is 2. The van der Waals surface area contributed by atoms with Crippen LogP contribution in [0.5, 0.6) is 17.2 Å². The molecule has 0 radical (unpaired) electrons. The summed E-state index contributed by atoms with van der Waals surface area (Å²) < 4.78 is 22.0. The minimum absolute atomic E-state index is 0.117. The van der Waals surface area contributed by atoms with Crippen molar-refractivity contribution in [2.45, 2.75) is 26.1 Å². The molecule has 12 nitrogen and oxygen atoms in total. The predicted molar refractivity (Wildman–Crippen MR) is 154 cm³/mol. The molecule has 3 aromatic rings. The van der Waals surface area contributed by atoms with Crippen molar-refractivity contribution in [3.8, 4) is 23.3 Å². The van der Waals surface area contributed by atoms with Gasteiger partial charge in [-0.25, -0.2) is 9.59 Å². The van der Waals surface area contributed by atoms with Gasteiger partial charge in [0.15, 0.2) is 24.3 Å². The van der Waals surface area contributed by atoms with Crippen LogP contribution in [0, 0.1) is 11.3 Å². The molecule has 12 heteroatoms. The van der Waals surface area contributed by atoms with Crippen molar-refractivity contribution >= 4 is 29.0 Å². The van der Waals surface area contributed by atoms with Gasteiger partial charge >= 0.3 is 12.0 Å². The summed E-state index contributed by atoms with van der Waals surface area (Å²) in [5, 5.41) is 30.7. The maximum atomic E-state index is 12.4. The summed E-state index contributed by atoms with van der Waals surface area (Å²) in [6.45, 7) is 3.45. The van der Waals surface area contributed by atoms with E-state index in [9.17, 15) is 14.7 Å². The van der Waals surface area contributed by atoms with Crippen LogP contribution >= 0.6 is 0 Å². The Morgan fingerprint density at radius 1 is 1.14 bits per heavy atom.